The van der Waals surface area contributed by atoms with E-state index in [4.69, 9.17) is 0 Å². The summed E-state index contributed by atoms with van der Waals surface area (Å²) in [5.41, 5.74) is 3.85. The highest BCUT2D eigenvalue weighted by Crippen LogP contribution is 2.37. The van der Waals surface area contributed by atoms with Crippen molar-refractivity contribution in [2.24, 2.45) is 5.92 Å². The van der Waals surface area contributed by atoms with E-state index in [1.165, 1.54) is 6.07 Å². The minimum absolute atomic E-state index is 0.0384. The lowest BCUT2D eigenvalue weighted by Gasteiger charge is -2.17. The second-order valence-corrected chi connectivity index (χ2v) is 9.08. The van der Waals surface area contributed by atoms with Gasteiger partial charge in [-0.25, -0.2) is 4.39 Å². The van der Waals surface area contributed by atoms with Crippen molar-refractivity contribution in [3.63, 3.8) is 0 Å². The van der Waals surface area contributed by atoms with E-state index in [1.54, 1.807) is 23.9 Å². The molecule has 3 aromatic rings. The first kappa shape index (κ1) is 22.1. The van der Waals surface area contributed by atoms with Crippen molar-refractivity contribution in [1.29, 1.82) is 0 Å². The van der Waals surface area contributed by atoms with Gasteiger partial charge in [0, 0.05) is 27.8 Å². The summed E-state index contributed by atoms with van der Waals surface area (Å²) in [6, 6.07) is 20.8. The molecule has 1 atom stereocenters. The molecular formula is C26H28FNOS. The van der Waals surface area contributed by atoms with Gasteiger partial charge in [-0.3, -0.25) is 4.79 Å². The van der Waals surface area contributed by atoms with Crippen molar-refractivity contribution in [1.82, 2.24) is 5.32 Å². The summed E-state index contributed by atoms with van der Waals surface area (Å²) in [5.74, 6) is 0.238. The average Bonchev–Trinajstić information content (AvgIpc) is 2.73. The topological polar surface area (TPSA) is 29.1 Å². The summed E-state index contributed by atoms with van der Waals surface area (Å²) in [7, 11) is 0. The Morgan fingerprint density at radius 2 is 1.73 bits per heavy atom. The largest absolute Gasteiger partial charge is 0.352 e. The zero-order valence-corrected chi connectivity index (χ0v) is 18.7. The first-order valence-corrected chi connectivity index (χ1v) is 11.1. The molecule has 0 aromatic heterocycles. The average molecular weight is 422 g/mol. The Labute approximate surface area is 182 Å². The van der Waals surface area contributed by atoms with Crippen LogP contribution in [0.4, 0.5) is 4.39 Å². The van der Waals surface area contributed by atoms with E-state index in [9.17, 15) is 9.18 Å². The molecule has 3 aromatic carbocycles. The van der Waals surface area contributed by atoms with Crippen LogP contribution in [0.1, 0.15) is 53.7 Å². The SMILES string of the molecule is Cc1cc(C(=O)NCC(C)C)ccc1Sc1ccccc1C(C)c1cccc(F)c1. The van der Waals surface area contributed by atoms with Crippen LogP contribution in [0.5, 0.6) is 0 Å². The summed E-state index contributed by atoms with van der Waals surface area (Å²) in [4.78, 5) is 14.6. The minimum Gasteiger partial charge on any atom is -0.352 e. The summed E-state index contributed by atoms with van der Waals surface area (Å²) >= 11 is 1.68. The van der Waals surface area contributed by atoms with E-state index in [2.05, 4.69) is 38.2 Å². The molecule has 0 fully saturated rings. The second-order valence-electron chi connectivity index (χ2n) is 8.00. The van der Waals surface area contributed by atoms with Gasteiger partial charge in [-0.1, -0.05) is 62.9 Å². The predicted molar refractivity (Wildman–Crippen MR) is 123 cm³/mol. The van der Waals surface area contributed by atoms with Gasteiger partial charge in [0.25, 0.3) is 5.91 Å². The maximum absolute atomic E-state index is 13.7. The third-order valence-corrected chi connectivity index (χ3v) is 6.33. The van der Waals surface area contributed by atoms with Crippen LogP contribution in [-0.4, -0.2) is 12.5 Å². The van der Waals surface area contributed by atoms with Gasteiger partial charge < -0.3 is 5.32 Å². The molecule has 0 bridgehead atoms. The Bertz CT molecular complexity index is 1030. The molecule has 0 saturated heterocycles. The van der Waals surface area contributed by atoms with E-state index in [0.29, 0.717) is 18.0 Å². The Hall–Kier alpha value is -2.59. The number of benzene rings is 3. The molecule has 0 aliphatic rings. The van der Waals surface area contributed by atoms with Crippen LogP contribution >= 0.6 is 11.8 Å². The quantitative estimate of drug-likeness (QED) is 0.453. The highest BCUT2D eigenvalue weighted by Gasteiger charge is 2.15. The molecule has 0 spiro atoms. The molecule has 30 heavy (non-hydrogen) atoms. The fourth-order valence-electron chi connectivity index (χ4n) is 3.31. The second kappa shape index (κ2) is 9.94. The summed E-state index contributed by atoms with van der Waals surface area (Å²) < 4.78 is 13.7. The van der Waals surface area contributed by atoms with Crippen molar-refractivity contribution in [2.75, 3.05) is 6.54 Å². The van der Waals surface area contributed by atoms with Crippen molar-refractivity contribution < 1.29 is 9.18 Å². The first-order chi connectivity index (χ1) is 14.3. The lowest BCUT2D eigenvalue weighted by atomic mass is 9.93. The highest BCUT2D eigenvalue weighted by atomic mass is 32.2. The standard InChI is InChI=1S/C26H28FNOS/c1-17(2)16-28-26(29)21-12-13-24(18(3)14-21)30-25-11-6-5-10-23(25)19(4)20-8-7-9-22(27)15-20/h5-15,17,19H,16H2,1-4H3,(H,28,29). The number of rotatable bonds is 7. The summed E-state index contributed by atoms with van der Waals surface area (Å²) in [6.07, 6.45) is 0. The van der Waals surface area contributed by atoms with Crippen LogP contribution in [0.25, 0.3) is 0 Å². The lowest BCUT2D eigenvalue weighted by Crippen LogP contribution is -2.27. The van der Waals surface area contributed by atoms with Crippen LogP contribution in [0.15, 0.2) is 76.5 Å². The highest BCUT2D eigenvalue weighted by molar-refractivity contribution is 7.99. The van der Waals surface area contributed by atoms with E-state index in [0.717, 1.165) is 26.5 Å². The number of amides is 1. The predicted octanol–water partition coefficient (Wildman–Crippen LogP) is 6.82. The molecular weight excluding hydrogens is 393 g/mol. The van der Waals surface area contributed by atoms with Crippen LogP contribution in [0, 0.1) is 18.7 Å². The van der Waals surface area contributed by atoms with E-state index >= 15 is 0 Å². The normalized spacial score (nSPS) is 12.1. The first-order valence-electron chi connectivity index (χ1n) is 10.3. The van der Waals surface area contributed by atoms with Crippen molar-refractivity contribution in [3.8, 4) is 0 Å². The van der Waals surface area contributed by atoms with Crippen LogP contribution in [0.2, 0.25) is 0 Å². The monoisotopic (exact) mass is 421 g/mol. The number of aryl methyl sites for hydroxylation is 1. The molecule has 1 N–H and O–H groups in total. The maximum atomic E-state index is 13.7. The van der Waals surface area contributed by atoms with E-state index in [1.807, 2.05) is 43.3 Å². The smallest absolute Gasteiger partial charge is 0.251 e. The van der Waals surface area contributed by atoms with Gasteiger partial charge in [0.05, 0.1) is 0 Å². The number of nitrogens with one attached hydrogen (secondary N) is 1. The third-order valence-electron chi connectivity index (χ3n) is 5.06. The Morgan fingerprint density at radius 3 is 2.43 bits per heavy atom. The molecule has 3 rings (SSSR count). The van der Waals surface area contributed by atoms with E-state index < -0.39 is 0 Å². The van der Waals surface area contributed by atoms with Gasteiger partial charge in [-0.05, 0) is 65.9 Å². The van der Waals surface area contributed by atoms with Gasteiger partial charge in [-0.15, -0.1) is 0 Å². The Morgan fingerprint density at radius 1 is 0.967 bits per heavy atom. The zero-order chi connectivity index (χ0) is 21.7. The van der Waals surface area contributed by atoms with Gasteiger partial charge >= 0.3 is 0 Å². The molecule has 0 aliphatic carbocycles. The van der Waals surface area contributed by atoms with Crippen LogP contribution in [0.3, 0.4) is 0 Å². The Balaban J connectivity index is 1.83. The van der Waals surface area contributed by atoms with Gasteiger partial charge in [0.2, 0.25) is 0 Å². The fraction of sp³-hybridized carbons (Fsp3) is 0.269. The Kier molecular flexibility index (Phi) is 7.33. The summed E-state index contributed by atoms with van der Waals surface area (Å²) in [6.45, 7) is 8.95. The number of hydrogen-bond acceptors (Lipinski definition) is 2. The molecule has 0 saturated carbocycles. The zero-order valence-electron chi connectivity index (χ0n) is 17.9. The molecule has 156 valence electrons. The van der Waals surface area contributed by atoms with Gasteiger partial charge in [0.1, 0.15) is 5.82 Å². The minimum atomic E-state index is -0.216. The van der Waals surface area contributed by atoms with Gasteiger partial charge in [-0.2, -0.15) is 0 Å². The van der Waals surface area contributed by atoms with Crippen LogP contribution < -0.4 is 5.32 Å². The maximum Gasteiger partial charge on any atom is 0.251 e. The molecule has 0 heterocycles. The van der Waals surface area contributed by atoms with E-state index in [-0.39, 0.29) is 17.6 Å². The number of carbonyl (C=O) groups is 1. The van der Waals surface area contributed by atoms with Crippen LogP contribution in [-0.2, 0) is 0 Å². The number of halogens is 1. The van der Waals surface area contributed by atoms with Gasteiger partial charge in [0.15, 0.2) is 0 Å². The fourth-order valence-corrected chi connectivity index (χ4v) is 4.41. The third kappa shape index (κ3) is 5.51. The molecule has 1 unspecified atom stereocenters. The number of carbonyl (C=O) groups excluding carboxylic acids is 1. The molecule has 1 amide bonds. The molecule has 4 heteroatoms. The van der Waals surface area contributed by atoms with Crippen molar-refractivity contribution >= 4 is 17.7 Å². The van der Waals surface area contributed by atoms with Crippen molar-refractivity contribution in [2.45, 2.75) is 43.4 Å². The van der Waals surface area contributed by atoms with Crippen molar-refractivity contribution in [3.05, 3.63) is 94.8 Å². The lowest BCUT2D eigenvalue weighted by molar-refractivity contribution is 0.0949. The molecule has 2 nitrogen and oxygen atoms in total. The molecule has 0 radical (unpaired) electrons. The summed E-state index contributed by atoms with van der Waals surface area (Å²) in [5, 5.41) is 2.97. The number of hydrogen-bond donors (Lipinski definition) is 1. The molecule has 0 aliphatic heterocycles.